The summed E-state index contributed by atoms with van der Waals surface area (Å²) in [5.74, 6) is 0.648. The average molecular weight is 261 g/mol. The lowest BCUT2D eigenvalue weighted by Gasteiger charge is -2.26. The lowest BCUT2D eigenvalue weighted by Crippen LogP contribution is -2.32. The van der Waals surface area contributed by atoms with Crippen LogP contribution >= 0.6 is 0 Å². The van der Waals surface area contributed by atoms with Crippen LogP contribution in [-0.4, -0.2) is 18.3 Å². The zero-order valence-electron chi connectivity index (χ0n) is 12.7. The van der Waals surface area contributed by atoms with E-state index in [1.807, 2.05) is 0 Å². The summed E-state index contributed by atoms with van der Waals surface area (Å²) in [4.78, 5) is 0. The number of aryl methyl sites for hydroxylation is 1. The van der Waals surface area contributed by atoms with Crippen molar-refractivity contribution < 1.29 is 5.11 Å². The Labute approximate surface area is 117 Å². The van der Waals surface area contributed by atoms with Crippen molar-refractivity contribution in [1.29, 1.82) is 0 Å². The summed E-state index contributed by atoms with van der Waals surface area (Å²) >= 11 is 0. The summed E-state index contributed by atoms with van der Waals surface area (Å²) < 4.78 is 0. The number of aliphatic hydroxyl groups excluding tert-OH is 1. The normalized spacial score (nSPS) is 22.6. The third-order valence-electron chi connectivity index (χ3n) is 4.43. The third-order valence-corrected chi connectivity index (χ3v) is 4.43. The van der Waals surface area contributed by atoms with Crippen molar-refractivity contribution in [3.63, 3.8) is 0 Å². The summed E-state index contributed by atoms with van der Waals surface area (Å²) in [6.07, 6.45) is 2.04. The molecule has 0 heterocycles. The van der Waals surface area contributed by atoms with Crippen molar-refractivity contribution >= 4 is 0 Å². The van der Waals surface area contributed by atoms with E-state index in [1.54, 1.807) is 5.56 Å². The second kappa shape index (κ2) is 5.64. The van der Waals surface area contributed by atoms with Crippen LogP contribution in [0.3, 0.4) is 0 Å². The molecule has 2 heteroatoms. The maximum absolute atomic E-state index is 9.10. The van der Waals surface area contributed by atoms with E-state index in [0.29, 0.717) is 12.0 Å². The molecule has 1 aromatic rings. The van der Waals surface area contributed by atoms with Crippen LogP contribution in [0.1, 0.15) is 62.3 Å². The van der Waals surface area contributed by atoms with Gasteiger partial charge in [-0.05, 0) is 47.8 Å². The summed E-state index contributed by atoms with van der Waals surface area (Å²) in [5, 5.41) is 12.8. The topological polar surface area (TPSA) is 32.3 Å². The average Bonchev–Trinajstić information content (AvgIpc) is 2.65. The van der Waals surface area contributed by atoms with Crippen LogP contribution in [0.4, 0.5) is 0 Å². The van der Waals surface area contributed by atoms with Crippen LogP contribution in [0.2, 0.25) is 0 Å². The molecule has 0 saturated heterocycles. The predicted octanol–water partition coefficient (Wildman–Crippen LogP) is 3.54. The lowest BCUT2D eigenvalue weighted by molar-refractivity contribution is 0.202. The van der Waals surface area contributed by atoms with Crippen molar-refractivity contribution in [3.05, 3.63) is 34.9 Å². The van der Waals surface area contributed by atoms with Crippen molar-refractivity contribution in [3.8, 4) is 0 Å². The van der Waals surface area contributed by atoms with Gasteiger partial charge in [0.25, 0.3) is 0 Å². The molecular formula is C17H27NO. The smallest absolute Gasteiger partial charge is 0.0436 e. The maximum Gasteiger partial charge on any atom is 0.0436 e. The Balaban J connectivity index is 2.07. The predicted molar refractivity (Wildman–Crippen MR) is 80.4 cm³/mol. The molecule has 19 heavy (non-hydrogen) atoms. The molecule has 2 nitrogen and oxygen atoms in total. The summed E-state index contributed by atoms with van der Waals surface area (Å²) in [6.45, 7) is 10.2. The van der Waals surface area contributed by atoms with Crippen LogP contribution in [-0.2, 0) is 0 Å². The van der Waals surface area contributed by atoms with Gasteiger partial charge in [0.05, 0.1) is 0 Å². The fraction of sp³-hybridized carbons (Fsp3) is 0.647. The van der Waals surface area contributed by atoms with E-state index in [-0.39, 0.29) is 12.0 Å². The van der Waals surface area contributed by atoms with Crippen LogP contribution in [0.5, 0.6) is 0 Å². The fourth-order valence-electron chi connectivity index (χ4n) is 3.26. The number of fused-ring (bicyclic) bond motifs is 1. The molecule has 0 aliphatic heterocycles. The minimum Gasteiger partial charge on any atom is -0.396 e. The molecule has 0 aromatic heterocycles. The van der Waals surface area contributed by atoms with E-state index < -0.39 is 0 Å². The number of hydrogen-bond acceptors (Lipinski definition) is 2. The fourth-order valence-corrected chi connectivity index (χ4v) is 3.26. The second-order valence-electron chi connectivity index (χ2n) is 6.79. The number of rotatable bonds is 5. The van der Waals surface area contributed by atoms with Gasteiger partial charge in [0.1, 0.15) is 0 Å². The molecule has 0 radical (unpaired) electrons. The van der Waals surface area contributed by atoms with E-state index in [2.05, 4.69) is 51.2 Å². The van der Waals surface area contributed by atoms with Gasteiger partial charge in [-0.1, -0.05) is 39.0 Å². The number of benzene rings is 1. The minimum atomic E-state index is 0.157. The van der Waals surface area contributed by atoms with Gasteiger partial charge in [-0.25, -0.2) is 0 Å². The molecule has 106 valence electrons. The molecule has 0 fully saturated rings. The van der Waals surface area contributed by atoms with Crippen LogP contribution < -0.4 is 5.32 Å². The van der Waals surface area contributed by atoms with Crippen molar-refractivity contribution in [2.45, 2.75) is 52.5 Å². The van der Waals surface area contributed by atoms with Crippen LogP contribution in [0.25, 0.3) is 0 Å². The molecule has 0 saturated carbocycles. The largest absolute Gasteiger partial charge is 0.396 e. The highest BCUT2D eigenvalue weighted by atomic mass is 16.3. The number of nitrogens with one attached hydrogen (secondary N) is 1. The molecule has 2 N–H and O–H groups in total. The first kappa shape index (κ1) is 14.5. The van der Waals surface area contributed by atoms with Gasteiger partial charge in [0.2, 0.25) is 0 Å². The number of hydrogen-bond donors (Lipinski definition) is 2. The minimum absolute atomic E-state index is 0.157. The Hall–Kier alpha value is -0.860. The molecule has 0 bridgehead atoms. The van der Waals surface area contributed by atoms with E-state index in [1.165, 1.54) is 17.5 Å². The first-order valence-electron chi connectivity index (χ1n) is 7.38. The highest BCUT2D eigenvalue weighted by Crippen LogP contribution is 2.41. The van der Waals surface area contributed by atoms with Gasteiger partial charge in [-0.15, -0.1) is 0 Å². The van der Waals surface area contributed by atoms with E-state index in [0.717, 1.165) is 13.0 Å². The molecule has 1 aliphatic rings. The standard InChI is InChI=1S/C17H27NO/c1-12-6-5-7-14-15(10-13(2)16(12)14)18-11-17(3,4)8-9-19/h5-7,13,15,18-19H,8-11H2,1-4H3. The first-order valence-corrected chi connectivity index (χ1v) is 7.38. The van der Waals surface area contributed by atoms with E-state index in [9.17, 15) is 0 Å². The summed E-state index contributed by atoms with van der Waals surface area (Å²) in [5.41, 5.74) is 4.60. The zero-order valence-corrected chi connectivity index (χ0v) is 12.7. The number of aliphatic hydroxyl groups is 1. The Bertz CT molecular complexity index is 439. The molecule has 2 atom stereocenters. The SMILES string of the molecule is Cc1cccc2c1C(C)CC2NCC(C)(C)CCO. The molecule has 0 spiro atoms. The first-order chi connectivity index (χ1) is 8.94. The van der Waals surface area contributed by atoms with Gasteiger partial charge in [0.15, 0.2) is 0 Å². The molecule has 2 unspecified atom stereocenters. The van der Waals surface area contributed by atoms with Crippen LogP contribution in [0.15, 0.2) is 18.2 Å². The van der Waals surface area contributed by atoms with Crippen molar-refractivity contribution in [2.75, 3.05) is 13.2 Å². The van der Waals surface area contributed by atoms with E-state index in [4.69, 9.17) is 5.11 Å². The van der Waals surface area contributed by atoms with Gasteiger partial charge in [-0.3, -0.25) is 0 Å². The second-order valence-corrected chi connectivity index (χ2v) is 6.79. The highest BCUT2D eigenvalue weighted by Gasteiger charge is 2.30. The summed E-state index contributed by atoms with van der Waals surface area (Å²) in [7, 11) is 0. The zero-order chi connectivity index (χ0) is 14.0. The molecule has 1 aliphatic carbocycles. The Morgan fingerprint density at radius 2 is 2.11 bits per heavy atom. The molecule has 2 rings (SSSR count). The van der Waals surface area contributed by atoms with E-state index >= 15 is 0 Å². The van der Waals surface area contributed by atoms with Crippen molar-refractivity contribution in [2.24, 2.45) is 5.41 Å². The molecule has 1 aromatic carbocycles. The van der Waals surface area contributed by atoms with Gasteiger partial charge in [0, 0.05) is 19.2 Å². The maximum atomic E-state index is 9.10. The quantitative estimate of drug-likeness (QED) is 0.849. The lowest BCUT2D eigenvalue weighted by atomic mass is 9.89. The van der Waals surface area contributed by atoms with Gasteiger partial charge in [-0.2, -0.15) is 0 Å². The Morgan fingerprint density at radius 3 is 2.79 bits per heavy atom. The van der Waals surface area contributed by atoms with Gasteiger partial charge >= 0.3 is 0 Å². The monoisotopic (exact) mass is 261 g/mol. The third kappa shape index (κ3) is 3.18. The summed E-state index contributed by atoms with van der Waals surface area (Å²) in [6, 6.07) is 7.12. The Morgan fingerprint density at radius 1 is 1.37 bits per heavy atom. The molecule has 0 amide bonds. The highest BCUT2D eigenvalue weighted by molar-refractivity contribution is 5.43. The Kier molecular flexibility index (Phi) is 4.32. The van der Waals surface area contributed by atoms with Gasteiger partial charge < -0.3 is 10.4 Å². The molecular weight excluding hydrogens is 234 g/mol. The van der Waals surface area contributed by atoms with Crippen molar-refractivity contribution in [1.82, 2.24) is 5.32 Å². The van der Waals surface area contributed by atoms with Crippen LogP contribution in [0, 0.1) is 12.3 Å².